The maximum absolute atomic E-state index is 11.9. The number of rotatable bonds is 1. The van der Waals surface area contributed by atoms with Gasteiger partial charge in [-0.2, -0.15) is 0 Å². The molecule has 0 fully saturated rings. The number of benzene rings is 1. The van der Waals surface area contributed by atoms with E-state index in [0.29, 0.717) is 16.7 Å². The number of alkyl halides is 1. The van der Waals surface area contributed by atoms with Crippen molar-refractivity contribution in [3.8, 4) is 0 Å². The highest BCUT2D eigenvalue weighted by atomic mass is 79.9. The molecule has 5 heteroatoms. The number of fused-ring (bicyclic) bond motifs is 1. The van der Waals surface area contributed by atoms with Crippen molar-refractivity contribution >= 4 is 38.4 Å². The van der Waals surface area contributed by atoms with Gasteiger partial charge in [0.15, 0.2) is 0 Å². The normalized spacial score (nSPS) is 10.9. The fourth-order valence-corrected chi connectivity index (χ4v) is 2.00. The van der Waals surface area contributed by atoms with E-state index in [2.05, 4.69) is 20.9 Å². The van der Waals surface area contributed by atoms with Crippen molar-refractivity contribution in [1.82, 2.24) is 9.55 Å². The number of hydrogen-bond donors (Lipinski definition) is 0. The second kappa shape index (κ2) is 3.94. The summed E-state index contributed by atoms with van der Waals surface area (Å²) in [6.07, 6.45) is 0. The van der Waals surface area contributed by atoms with Gasteiger partial charge in [0.25, 0.3) is 5.56 Å². The molecule has 0 aliphatic heterocycles. The van der Waals surface area contributed by atoms with E-state index < -0.39 is 0 Å². The highest BCUT2D eigenvalue weighted by Crippen LogP contribution is 2.16. The standard InChI is InChI=1S/C10H8BrClN2O/c1-14-9(5-12)13-8-4-6(11)2-3-7(8)10(14)15/h2-4H,5H2,1H3. The van der Waals surface area contributed by atoms with E-state index in [1.165, 1.54) is 4.57 Å². The van der Waals surface area contributed by atoms with E-state index in [1.807, 2.05) is 12.1 Å². The quantitative estimate of drug-likeness (QED) is 0.755. The number of hydrogen-bond acceptors (Lipinski definition) is 2. The van der Waals surface area contributed by atoms with Crippen LogP contribution in [0.2, 0.25) is 0 Å². The maximum atomic E-state index is 11.9. The van der Waals surface area contributed by atoms with E-state index >= 15 is 0 Å². The molecule has 0 bridgehead atoms. The lowest BCUT2D eigenvalue weighted by atomic mass is 10.2. The van der Waals surface area contributed by atoms with Gasteiger partial charge in [0, 0.05) is 11.5 Å². The van der Waals surface area contributed by atoms with Crippen LogP contribution in [0, 0.1) is 0 Å². The summed E-state index contributed by atoms with van der Waals surface area (Å²) in [6.45, 7) is 0. The van der Waals surface area contributed by atoms with Crippen LogP contribution in [0.25, 0.3) is 10.9 Å². The average Bonchev–Trinajstić information content (AvgIpc) is 2.23. The molecule has 0 radical (unpaired) electrons. The van der Waals surface area contributed by atoms with Crippen molar-refractivity contribution in [3.63, 3.8) is 0 Å². The van der Waals surface area contributed by atoms with Gasteiger partial charge < -0.3 is 0 Å². The summed E-state index contributed by atoms with van der Waals surface area (Å²) in [4.78, 5) is 16.2. The van der Waals surface area contributed by atoms with Gasteiger partial charge in [0.2, 0.25) is 0 Å². The van der Waals surface area contributed by atoms with Crippen molar-refractivity contribution in [1.29, 1.82) is 0 Å². The van der Waals surface area contributed by atoms with Crippen molar-refractivity contribution in [2.24, 2.45) is 7.05 Å². The molecule has 0 N–H and O–H groups in total. The maximum Gasteiger partial charge on any atom is 0.261 e. The van der Waals surface area contributed by atoms with E-state index in [1.54, 1.807) is 13.1 Å². The highest BCUT2D eigenvalue weighted by Gasteiger charge is 2.06. The Balaban J connectivity index is 2.91. The summed E-state index contributed by atoms with van der Waals surface area (Å²) < 4.78 is 2.37. The lowest BCUT2D eigenvalue weighted by Gasteiger charge is -2.06. The molecule has 0 saturated heterocycles. The van der Waals surface area contributed by atoms with Gasteiger partial charge in [-0.1, -0.05) is 15.9 Å². The van der Waals surface area contributed by atoms with E-state index in [4.69, 9.17) is 11.6 Å². The van der Waals surface area contributed by atoms with Crippen LogP contribution in [0.3, 0.4) is 0 Å². The molecule has 78 valence electrons. The number of nitrogens with zero attached hydrogens (tertiary/aromatic N) is 2. The average molecular weight is 288 g/mol. The molecule has 1 aromatic heterocycles. The molecular weight excluding hydrogens is 279 g/mol. The second-order valence-electron chi connectivity index (χ2n) is 3.19. The third-order valence-corrected chi connectivity index (χ3v) is 2.98. The monoisotopic (exact) mass is 286 g/mol. The molecule has 0 aliphatic rings. The van der Waals surface area contributed by atoms with Gasteiger partial charge in [0.05, 0.1) is 16.8 Å². The molecule has 0 amide bonds. The third kappa shape index (κ3) is 1.79. The summed E-state index contributed by atoms with van der Waals surface area (Å²) >= 11 is 9.05. The first-order valence-corrected chi connectivity index (χ1v) is 5.67. The Morgan fingerprint density at radius 1 is 1.53 bits per heavy atom. The van der Waals surface area contributed by atoms with Gasteiger partial charge in [-0.3, -0.25) is 9.36 Å². The Hall–Kier alpha value is -0.870. The summed E-state index contributed by atoms with van der Waals surface area (Å²) in [7, 11) is 1.68. The lowest BCUT2D eigenvalue weighted by molar-refractivity contribution is 0.783. The van der Waals surface area contributed by atoms with Crippen LogP contribution in [0.5, 0.6) is 0 Å². The predicted octanol–water partition coefficient (Wildman–Crippen LogP) is 2.43. The van der Waals surface area contributed by atoms with Gasteiger partial charge in [-0.15, -0.1) is 11.6 Å². The van der Waals surface area contributed by atoms with Gasteiger partial charge in [-0.25, -0.2) is 4.98 Å². The molecule has 0 atom stereocenters. The molecule has 0 aliphatic carbocycles. The first-order chi connectivity index (χ1) is 7.13. The minimum Gasteiger partial charge on any atom is -0.298 e. The first kappa shape index (κ1) is 10.6. The summed E-state index contributed by atoms with van der Waals surface area (Å²) in [6, 6.07) is 5.39. The minimum atomic E-state index is -0.0665. The van der Waals surface area contributed by atoms with Crippen LogP contribution >= 0.6 is 27.5 Å². The molecule has 1 aromatic carbocycles. The molecule has 0 spiro atoms. The smallest absolute Gasteiger partial charge is 0.261 e. The van der Waals surface area contributed by atoms with Gasteiger partial charge in [-0.05, 0) is 18.2 Å². The van der Waals surface area contributed by atoms with Crippen LogP contribution in [-0.4, -0.2) is 9.55 Å². The third-order valence-electron chi connectivity index (χ3n) is 2.25. The largest absolute Gasteiger partial charge is 0.298 e. The molecule has 2 aromatic rings. The van der Waals surface area contributed by atoms with Gasteiger partial charge in [0.1, 0.15) is 5.82 Å². The van der Waals surface area contributed by atoms with Crippen LogP contribution in [0.4, 0.5) is 0 Å². The van der Waals surface area contributed by atoms with Crippen molar-refractivity contribution < 1.29 is 0 Å². The zero-order valence-electron chi connectivity index (χ0n) is 8.00. The Bertz CT molecular complexity index is 579. The van der Waals surface area contributed by atoms with E-state index in [-0.39, 0.29) is 11.4 Å². The van der Waals surface area contributed by atoms with E-state index in [0.717, 1.165) is 4.47 Å². The summed E-state index contributed by atoms with van der Waals surface area (Å²) in [5.74, 6) is 0.807. The molecule has 0 saturated carbocycles. The van der Waals surface area contributed by atoms with Gasteiger partial charge >= 0.3 is 0 Å². The molecule has 15 heavy (non-hydrogen) atoms. The Morgan fingerprint density at radius 3 is 2.93 bits per heavy atom. The minimum absolute atomic E-state index is 0.0665. The highest BCUT2D eigenvalue weighted by molar-refractivity contribution is 9.10. The zero-order chi connectivity index (χ0) is 11.0. The van der Waals surface area contributed by atoms with Crippen LogP contribution in [0.1, 0.15) is 5.82 Å². The SMILES string of the molecule is Cn1c(CCl)nc2cc(Br)ccc2c1=O. The number of halogens is 2. The zero-order valence-corrected chi connectivity index (χ0v) is 10.3. The van der Waals surface area contributed by atoms with Crippen molar-refractivity contribution in [2.75, 3.05) is 0 Å². The van der Waals surface area contributed by atoms with Crippen molar-refractivity contribution in [2.45, 2.75) is 5.88 Å². The Labute approximate surface area is 99.8 Å². The van der Waals surface area contributed by atoms with Crippen LogP contribution < -0.4 is 5.56 Å². The molecule has 3 nitrogen and oxygen atoms in total. The Morgan fingerprint density at radius 2 is 2.27 bits per heavy atom. The lowest BCUT2D eigenvalue weighted by Crippen LogP contribution is -2.21. The number of aromatic nitrogens is 2. The predicted molar refractivity (Wildman–Crippen MR) is 64.2 cm³/mol. The van der Waals surface area contributed by atoms with Crippen molar-refractivity contribution in [3.05, 3.63) is 38.9 Å². The molecular formula is C10H8BrClN2O. The van der Waals surface area contributed by atoms with Crippen LogP contribution in [0.15, 0.2) is 27.5 Å². The summed E-state index contributed by atoms with van der Waals surface area (Å²) in [5, 5.41) is 0.606. The fraction of sp³-hybridized carbons (Fsp3) is 0.200. The van der Waals surface area contributed by atoms with E-state index in [9.17, 15) is 4.79 Å². The first-order valence-electron chi connectivity index (χ1n) is 4.34. The topological polar surface area (TPSA) is 34.9 Å². The molecule has 1 heterocycles. The molecule has 0 unspecified atom stereocenters. The van der Waals surface area contributed by atoms with Crippen LogP contribution in [-0.2, 0) is 12.9 Å². The Kier molecular flexibility index (Phi) is 2.80. The summed E-state index contributed by atoms with van der Waals surface area (Å²) in [5.41, 5.74) is 0.603. The molecule has 2 rings (SSSR count). The second-order valence-corrected chi connectivity index (χ2v) is 4.37. The fourth-order valence-electron chi connectivity index (χ4n) is 1.41.